The SMILES string of the molecule is COc1c(Br)cc([N+](=O)[O-])c(CC#N)c1CC1CO1. The molecule has 2 rings (SSSR count). The predicted octanol–water partition coefficient (Wildman–Crippen LogP) is 2.37. The first-order valence-corrected chi connectivity index (χ1v) is 6.39. The van der Waals surface area contributed by atoms with Crippen molar-refractivity contribution in [3.05, 3.63) is 31.8 Å². The van der Waals surface area contributed by atoms with Gasteiger partial charge in [-0.15, -0.1) is 0 Å². The van der Waals surface area contributed by atoms with Crippen molar-refractivity contribution in [1.29, 1.82) is 5.26 Å². The van der Waals surface area contributed by atoms with Crippen LogP contribution in [0, 0.1) is 21.4 Å². The van der Waals surface area contributed by atoms with Crippen LogP contribution >= 0.6 is 15.9 Å². The fourth-order valence-electron chi connectivity index (χ4n) is 2.00. The van der Waals surface area contributed by atoms with Crippen LogP contribution in [-0.4, -0.2) is 24.7 Å². The Hall–Kier alpha value is -1.65. The molecule has 0 radical (unpaired) electrons. The number of halogens is 1. The van der Waals surface area contributed by atoms with Gasteiger partial charge >= 0.3 is 0 Å². The summed E-state index contributed by atoms with van der Waals surface area (Å²) in [6.07, 6.45) is 0.544. The molecule has 1 aliphatic heterocycles. The zero-order chi connectivity index (χ0) is 14.0. The van der Waals surface area contributed by atoms with Gasteiger partial charge in [-0.1, -0.05) is 0 Å². The molecule has 1 fully saturated rings. The van der Waals surface area contributed by atoms with Crippen molar-refractivity contribution in [2.45, 2.75) is 18.9 Å². The molecule has 6 nitrogen and oxygen atoms in total. The van der Waals surface area contributed by atoms with Crippen LogP contribution in [-0.2, 0) is 17.6 Å². The number of ether oxygens (including phenoxy) is 2. The van der Waals surface area contributed by atoms with Crippen molar-refractivity contribution in [2.24, 2.45) is 0 Å². The maximum Gasteiger partial charge on any atom is 0.275 e. The normalized spacial score (nSPS) is 16.8. The van der Waals surface area contributed by atoms with Gasteiger partial charge in [-0.2, -0.15) is 5.26 Å². The lowest BCUT2D eigenvalue weighted by Crippen LogP contribution is -2.06. The van der Waals surface area contributed by atoms with Gasteiger partial charge in [0.15, 0.2) is 0 Å². The Balaban J connectivity index is 2.60. The second-order valence-corrected chi connectivity index (χ2v) is 4.97. The minimum absolute atomic E-state index is 0.0258. The smallest absolute Gasteiger partial charge is 0.275 e. The number of rotatable bonds is 5. The molecule has 0 amide bonds. The van der Waals surface area contributed by atoms with Gasteiger partial charge in [-0.25, -0.2) is 0 Å². The quantitative estimate of drug-likeness (QED) is 0.470. The van der Waals surface area contributed by atoms with Gasteiger partial charge in [0, 0.05) is 18.1 Å². The molecule has 0 bridgehead atoms. The van der Waals surface area contributed by atoms with E-state index in [4.69, 9.17) is 14.7 Å². The number of methoxy groups -OCH3 is 1. The fourth-order valence-corrected chi connectivity index (χ4v) is 2.62. The minimum Gasteiger partial charge on any atom is -0.495 e. The van der Waals surface area contributed by atoms with Crippen LogP contribution in [0.3, 0.4) is 0 Å². The summed E-state index contributed by atoms with van der Waals surface area (Å²) in [5.41, 5.74) is 1.01. The standard InChI is InChI=1S/C12H11BrN2O4/c1-18-12-9(4-7-6-19-7)8(2-3-14)11(15(16)17)5-10(12)13/h5,7H,2,4,6H2,1H3. The van der Waals surface area contributed by atoms with Crippen molar-refractivity contribution in [1.82, 2.24) is 0 Å². The number of benzene rings is 1. The van der Waals surface area contributed by atoms with Gasteiger partial charge in [0.1, 0.15) is 5.75 Å². The van der Waals surface area contributed by atoms with Gasteiger partial charge in [-0.05, 0) is 15.9 Å². The largest absolute Gasteiger partial charge is 0.495 e. The molecular weight excluding hydrogens is 316 g/mol. The van der Waals surface area contributed by atoms with Crippen molar-refractivity contribution in [2.75, 3.05) is 13.7 Å². The van der Waals surface area contributed by atoms with Crippen molar-refractivity contribution < 1.29 is 14.4 Å². The van der Waals surface area contributed by atoms with Crippen LogP contribution in [0.1, 0.15) is 11.1 Å². The molecule has 0 saturated carbocycles. The third kappa shape index (κ3) is 2.85. The highest BCUT2D eigenvalue weighted by atomic mass is 79.9. The summed E-state index contributed by atoms with van der Waals surface area (Å²) in [5, 5.41) is 20.0. The van der Waals surface area contributed by atoms with Crippen LogP contribution in [0.5, 0.6) is 5.75 Å². The molecule has 7 heteroatoms. The van der Waals surface area contributed by atoms with Crippen LogP contribution < -0.4 is 4.74 Å². The maximum absolute atomic E-state index is 11.1. The highest BCUT2D eigenvalue weighted by Gasteiger charge is 2.30. The van der Waals surface area contributed by atoms with E-state index in [0.29, 0.717) is 34.4 Å². The van der Waals surface area contributed by atoms with E-state index in [1.807, 2.05) is 6.07 Å². The van der Waals surface area contributed by atoms with E-state index in [-0.39, 0.29) is 18.2 Å². The van der Waals surface area contributed by atoms with Crippen molar-refractivity contribution >= 4 is 21.6 Å². The number of hydrogen-bond donors (Lipinski definition) is 0. The Bertz CT molecular complexity index is 564. The maximum atomic E-state index is 11.1. The van der Waals surface area contributed by atoms with Gasteiger partial charge in [-0.3, -0.25) is 10.1 Å². The van der Waals surface area contributed by atoms with E-state index < -0.39 is 4.92 Å². The van der Waals surface area contributed by atoms with E-state index in [1.165, 1.54) is 13.2 Å². The third-order valence-electron chi connectivity index (χ3n) is 2.92. The molecule has 1 atom stereocenters. The highest BCUT2D eigenvalue weighted by Crippen LogP contribution is 2.39. The lowest BCUT2D eigenvalue weighted by atomic mass is 9.98. The van der Waals surface area contributed by atoms with Crippen LogP contribution in [0.2, 0.25) is 0 Å². The van der Waals surface area contributed by atoms with Crippen molar-refractivity contribution in [3.8, 4) is 11.8 Å². The molecule has 1 aromatic carbocycles. The summed E-state index contributed by atoms with van der Waals surface area (Å²) in [6.45, 7) is 0.634. The average molecular weight is 327 g/mol. The number of nitro groups is 1. The zero-order valence-corrected chi connectivity index (χ0v) is 11.8. The van der Waals surface area contributed by atoms with Gasteiger partial charge in [0.25, 0.3) is 5.69 Å². The summed E-state index contributed by atoms with van der Waals surface area (Å²) < 4.78 is 11.0. The van der Waals surface area contributed by atoms with Crippen LogP contribution in [0.25, 0.3) is 0 Å². The summed E-state index contributed by atoms with van der Waals surface area (Å²) >= 11 is 3.27. The fraction of sp³-hybridized carbons (Fsp3) is 0.417. The topological polar surface area (TPSA) is 88.7 Å². The lowest BCUT2D eigenvalue weighted by Gasteiger charge is -2.13. The summed E-state index contributed by atoms with van der Waals surface area (Å²) in [6, 6.07) is 3.35. The van der Waals surface area contributed by atoms with Gasteiger partial charge < -0.3 is 9.47 Å². The molecule has 1 heterocycles. The van der Waals surface area contributed by atoms with E-state index >= 15 is 0 Å². The van der Waals surface area contributed by atoms with E-state index in [9.17, 15) is 10.1 Å². The Morgan fingerprint density at radius 1 is 1.68 bits per heavy atom. The van der Waals surface area contributed by atoms with E-state index in [2.05, 4.69) is 15.9 Å². The summed E-state index contributed by atoms with van der Waals surface area (Å²) in [4.78, 5) is 10.6. The molecule has 0 aliphatic carbocycles. The van der Waals surface area contributed by atoms with E-state index in [0.717, 1.165) is 0 Å². The number of hydrogen-bond acceptors (Lipinski definition) is 5. The molecule has 1 aliphatic rings. The lowest BCUT2D eigenvalue weighted by molar-refractivity contribution is -0.385. The van der Waals surface area contributed by atoms with Gasteiger partial charge in [0.2, 0.25) is 0 Å². The molecular formula is C12H11BrN2O4. The Morgan fingerprint density at radius 2 is 2.37 bits per heavy atom. The molecule has 0 spiro atoms. The first kappa shape index (κ1) is 13.8. The Labute approximate surface area is 118 Å². The number of nitro benzene ring substituents is 1. The van der Waals surface area contributed by atoms with Crippen LogP contribution in [0.15, 0.2) is 10.5 Å². The van der Waals surface area contributed by atoms with E-state index in [1.54, 1.807) is 0 Å². The molecule has 19 heavy (non-hydrogen) atoms. The Morgan fingerprint density at radius 3 is 2.84 bits per heavy atom. The summed E-state index contributed by atoms with van der Waals surface area (Å²) in [7, 11) is 1.50. The van der Waals surface area contributed by atoms with Gasteiger partial charge in [0.05, 0.1) is 47.3 Å². The second-order valence-electron chi connectivity index (χ2n) is 4.12. The number of nitrogens with zero attached hydrogens (tertiary/aromatic N) is 2. The molecule has 0 aromatic heterocycles. The highest BCUT2D eigenvalue weighted by molar-refractivity contribution is 9.10. The zero-order valence-electron chi connectivity index (χ0n) is 10.2. The first-order chi connectivity index (χ1) is 9.08. The molecule has 1 saturated heterocycles. The minimum atomic E-state index is -0.478. The second kappa shape index (κ2) is 5.55. The average Bonchev–Trinajstić information content (AvgIpc) is 3.16. The van der Waals surface area contributed by atoms with Crippen molar-refractivity contribution in [3.63, 3.8) is 0 Å². The molecule has 0 N–H and O–H groups in total. The number of nitriles is 1. The number of epoxide rings is 1. The molecule has 1 aromatic rings. The monoisotopic (exact) mass is 326 g/mol. The Kier molecular flexibility index (Phi) is 4.02. The molecule has 100 valence electrons. The first-order valence-electron chi connectivity index (χ1n) is 5.59. The molecule has 1 unspecified atom stereocenters. The third-order valence-corrected chi connectivity index (χ3v) is 3.51. The van der Waals surface area contributed by atoms with Crippen LogP contribution in [0.4, 0.5) is 5.69 Å². The summed E-state index contributed by atoms with van der Waals surface area (Å²) in [5.74, 6) is 0.534. The predicted molar refractivity (Wildman–Crippen MR) is 70.1 cm³/mol.